The Morgan fingerprint density at radius 2 is 2.20 bits per heavy atom. The van der Waals surface area contributed by atoms with E-state index in [1.165, 1.54) is 15.6 Å². The molecule has 0 aromatic heterocycles. The quantitative estimate of drug-likeness (QED) is 0.730. The van der Waals surface area contributed by atoms with Crippen molar-refractivity contribution in [1.82, 2.24) is 0 Å². The Labute approximate surface area is 107 Å². The molecule has 0 amide bonds. The molecule has 0 spiro atoms. The van der Waals surface area contributed by atoms with Gasteiger partial charge in [-0.05, 0) is 37.0 Å². The number of hydrogen-bond donors (Lipinski definition) is 0. The van der Waals surface area contributed by atoms with Gasteiger partial charge in [0.25, 0.3) is 0 Å². The van der Waals surface area contributed by atoms with Crippen LogP contribution in [0.2, 0.25) is 0 Å². The van der Waals surface area contributed by atoms with E-state index >= 15 is 0 Å². The summed E-state index contributed by atoms with van der Waals surface area (Å²) in [5.41, 5.74) is 2.58. The van der Waals surface area contributed by atoms with Crippen molar-refractivity contribution in [2.24, 2.45) is 0 Å². The first-order valence-corrected chi connectivity index (χ1v) is 7.09. The molecule has 1 nitrogen and oxygen atoms in total. The van der Waals surface area contributed by atoms with Crippen molar-refractivity contribution < 1.29 is 4.74 Å². The van der Waals surface area contributed by atoms with Crippen LogP contribution in [0.25, 0.3) is 0 Å². The average Bonchev–Trinajstić information content (AvgIpc) is 2.70. The van der Waals surface area contributed by atoms with Crippen LogP contribution < -0.4 is 0 Å². The summed E-state index contributed by atoms with van der Waals surface area (Å²) in [4.78, 5) is 0. The Morgan fingerprint density at radius 1 is 1.40 bits per heavy atom. The van der Waals surface area contributed by atoms with Crippen LogP contribution in [-0.2, 0) is 4.74 Å². The summed E-state index contributed by atoms with van der Waals surface area (Å²) in [6.07, 6.45) is 2.97. The largest absolute Gasteiger partial charge is 0.369 e. The van der Waals surface area contributed by atoms with Crippen molar-refractivity contribution in [3.8, 4) is 0 Å². The highest BCUT2D eigenvalue weighted by Crippen LogP contribution is 2.34. The minimum Gasteiger partial charge on any atom is -0.369 e. The third-order valence-corrected chi connectivity index (χ3v) is 4.45. The zero-order valence-electron chi connectivity index (χ0n) is 8.67. The van der Waals surface area contributed by atoms with Gasteiger partial charge in [-0.15, -0.1) is 0 Å². The number of alkyl halides is 1. The number of halogens is 2. The predicted molar refractivity (Wildman–Crippen MR) is 69.5 cm³/mol. The van der Waals surface area contributed by atoms with Gasteiger partial charge in [-0.3, -0.25) is 0 Å². The molecule has 3 heteroatoms. The Bertz CT molecular complexity index is 351. The summed E-state index contributed by atoms with van der Waals surface area (Å²) in [6.45, 7) is 2.12. The van der Waals surface area contributed by atoms with Gasteiger partial charge in [0.15, 0.2) is 0 Å². The van der Waals surface area contributed by atoms with E-state index in [1.807, 2.05) is 0 Å². The van der Waals surface area contributed by atoms with Crippen molar-refractivity contribution in [3.05, 3.63) is 33.8 Å². The van der Waals surface area contributed by atoms with Crippen LogP contribution in [-0.4, -0.2) is 11.4 Å². The van der Waals surface area contributed by atoms with Gasteiger partial charge in [0.05, 0.1) is 12.2 Å². The molecule has 1 heterocycles. The number of benzene rings is 1. The van der Waals surface area contributed by atoms with Crippen molar-refractivity contribution in [2.45, 2.75) is 32.0 Å². The molecule has 1 fully saturated rings. The molecule has 1 aliphatic heterocycles. The van der Waals surface area contributed by atoms with Crippen LogP contribution in [0.15, 0.2) is 22.7 Å². The lowest BCUT2D eigenvalue weighted by Gasteiger charge is -2.13. The van der Waals surface area contributed by atoms with E-state index in [9.17, 15) is 0 Å². The van der Waals surface area contributed by atoms with Crippen LogP contribution in [0.1, 0.15) is 30.1 Å². The summed E-state index contributed by atoms with van der Waals surface area (Å²) in [5, 5.41) is 0.943. The molecular weight excluding hydrogens is 320 g/mol. The molecule has 2 unspecified atom stereocenters. The third-order valence-electron chi connectivity index (χ3n) is 2.83. The fourth-order valence-electron chi connectivity index (χ4n) is 1.93. The second-order valence-electron chi connectivity index (χ2n) is 3.99. The average molecular weight is 334 g/mol. The number of rotatable bonds is 2. The van der Waals surface area contributed by atoms with Gasteiger partial charge in [-0.1, -0.05) is 44.0 Å². The van der Waals surface area contributed by atoms with Crippen LogP contribution in [0.5, 0.6) is 0 Å². The van der Waals surface area contributed by atoms with Crippen molar-refractivity contribution in [1.29, 1.82) is 0 Å². The molecular formula is C12H14Br2O. The SMILES string of the molecule is Cc1cc(C2CCC(CBr)O2)ccc1Br. The van der Waals surface area contributed by atoms with E-state index in [0.29, 0.717) is 12.2 Å². The van der Waals surface area contributed by atoms with E-state index in [4.69, 9.17) is 4.74 Å². The summed E-state index contributed by atoms with van der Waals surface area (Å²) in [5.74, 6) is 0. The smallest absolute Gasteiger partial charge is 0.0830 e. The van der Waals surface area contributed by atoms with Gasteiger partial charge in [0.1, 0.15) is 0 Å². The van der Waals surface area contributed by atoms with E-state index < -0.39 is 0 Å². The van der Waals surface area contributed by atoms with Crippen LogP contribution in [0, 0.1) is 6.92 Å². The monoisotopic (exact) mass is 332 g/mol. The molecule has 82 valence electrons. The maximum absolute atomic E-state index is 5.93. The fraction of sp³-hybridized carbons (Fsp3) is 0.500. The Morgan fingerprint density at radius 3 is 2.80 bits per heavy atom. The maximum Gasteiger partial charge on any atom is 0.0830 e. The van der Waals surface area contributed by atoms with Crippen molar-refractivity contribution >= 4 is 31.9 Å². The lowest BCUT2D eigenvalue weighted by Crippen LogP contribution is -2.07. The highest BCUT2D eigenvalue weighted by molar-refractivity contribution is 9.10. The minimum absolute atomic E-state index is 0.291. The number of aryl methyl sites for hydroxylation is 1. The number of ether oxygens (including phenoxy) is 1. The first-order valence-electron chi connectivity index (χ1n) is 5.18. The lowest BCUT2D eigenvalue weighted by molar-refractivity contribution is 0.0588. The Balaban J connectivity index is 2.13. The first-order chi connectivity index (χ1) is 7.20. The van der Waals surface area contributed by atoms with Gasteiger partial charge >= 0.3 is 0 Å². The summed E-state index contributed by atoms with van der Waals surface area (Å²) >= 11 is 6.98. The van der Waals surface area contributed by atoms with Crippen LogP contribution in [0.3, 0.4) is 0 Å². The van der Waals surface area contributed by atoms with Gasteiger partial charge in [0, 0.05) is 9.80 Å². The molecule has 1 aromatic rings. The van der Waals surface area contributed by atoms with Gasteiger partial charge in [-0.2, -0.15) is 0 Å². The first kappa shape index (κ1) is 11.6. The molecule has 2 atom stereocenters. The second-order valence-corrected chi connectivity index (χ2v) is 5.49. The fourth-order valence-corrected chi connectivity index (χ4v) is 2.66. The van der Waals surface area contributed by atoms with Crippen LogP contribution in [0.4, 0.5) is 0 Å². The van der Waals surface area contributed by atoms with Crippen molar-refractivity contribution in [3.63, 3.8) is 0 Å². The molecule has 2 rings (SSSR count). The van der Waals surface area contributed by atoms with Crippen LogP contribution >= 0.6 is 31.9 Å². The van der Waals surface area contributed by atoms with E-state index in [1.54, 1.807) is 0 Å². The molecule has 0 saturated carbocycles. The Hall–Kier alpha value is 0.140. The minimum atomic E-state index is 0.291. The van der Waals surface area contributed by atoms with Crippen molar-refractivity contribution in [2.75, 3.05) is 5.33 Å². The molecule has 0 radical (unpaired) electrons. The summed E-state index contributed by atoms with van der Waals surface area (Å²) in [7, 11) is 0. The standard InChI is InChI=1S/C12H14Br2O/c1-8-6-9(2-4-11(8)14)12-5-3-10(7-13)15-12/h2,4,6,10,12H,3,5,7H2,1H3. The molecule has 0 aliphatic carbocycles. The molecule has 15 heavy (non-hydrogen) atoms. The number of hydrogen-bond acceptors (Lipinski definition) is 1. The molecule has 0 bridgehead atoms. The zero-order valence-corrected chi connectivity index (χ0v) is 11.8. The molecule has 1 aliphatic rings. The normalized spacial score (nSPS) is 25.8. The molecule has 1 aromatic carbocycles. The molecule has 1 saturated heterocycles. The maximum atomic E-state index is 5.93. The highest BCUT2D eigenvalue weighted by atomic mass is 79.9. The topological polar surface area (TPSA) is 9.23 Å². The van der Waals surface area contributed by atoms with E-state index in [2.05, 4.69) is 57.0 Å². The Kier molecular flexibility index (Phi) is 3.86. The second kappa shape index (κ2) is 4.98. The zero-order chi connectivity index (χ0) is 10.8. The van der Waals surface area contributed by atoms with E-state index in [-0.39, 0.29) is 0 Å². The third kappa shape index (κ3) is 2.63. The summed E-state index contributed by atoms with van der Waals surface area (Å²) in [6, 6.07) is 6.47. The molecule has 0 N–H and O–H groups in total. The van der Waals surface area contributed by atoms with E-state index in [0.717, 1.165) is 18.2 Å². The highest BCUT2D eigenvalue weighted by Gasteiger charge is 2.25. The summed E-state index contributed by atoms with van der Waals surface area (Å²) < 4.78 is 7.10. The van der Waals surface area contributed by atoms with Gasteiger partial charge < -0.3 is 4.74 Å². The van der Waals surface area contributed by atoms with Gasteiger partial charge in [0.2, 0.25) is 0 Å². The predicted octanol–water partition coefficient (Wildman–Crippen LogP) is 4.37. The van der Waals surface area contributed by atoms with Gasteiger partial charge in [-0.25, -0.2) is 0 Å². The lowest BCUT2D eigenvalue weighted by atomic mass is 10.0.